The number of nitrogens with one attached hydrogen (secondary N) is 1. The van der Waals surface area contributed by atoms with E-state index < -0.39 is 0 Å². The molecule has 4 nitrogen and oxygen atoms in total. The number of anilines is 1. The summed E-state index contributed by atoms with van der Waals surface area (Å²) in [5.41, 5.74) is 0.744. The van der Waals surface area contributed by atoms with Crippen LogP contribution in [0.3, 0.4) is 0 Å². The average Bonchev–Trinajstić information content (AvgIpc) is 2.31. The highest BCUT2D eigenvalue weighted by Gasteiger charge is 2.21. The SMILES string of the molecule is O=C(Nc1cccnc1)C1CCCOC1. The van der Waals surface area contributed by atoms with E-state index in [-0.39, 0.29) is 11.8 Å². The number of amides is 1. The highest BCUT2D eigenvalue weighted by atomic mass is 16.5. The summed E-state index contributed by atoms with van der Waals surface area (Å²) in [4.78, 5) is 15.7. The molecule has 1 fully saturated rings. The minimum Gasteiger partial charge on any atom is -0.381 e. The number of hydrogen-bond donors (Lipinski definition) is 1. The third-order valence-electron chi connectivity index (χ3n) is 2.46. The summed E-state index contributed by atoms with van der Waals surface area (Å²) < 4.78 is 5.26. The van der Waals surface area contributed by atoms with Crippen molar-refractivity contribution in [3.8, 4) is 0 Å². The van der Waals surface area contributed by atoms with Crippen LogP contribution in [0.15, 0.2) is 24.5 Å². The Balaban J connectivity index is 1.91. The molecule has 0 aliphatic carbocycles. The van der Waals surface area contributed by atoms with Crippen molar-refractivity contribution in [3.05, 3.63) is 24.5 Å². The van der Waals surface area contributed by atoms with E-state index in [0.717, 1.165) is 25.1 Å². The molecule has 1 unspecified atom stereocenters. The van der Waals surface area contributed by atoms with Crippen molar-refractivity contribution in [1.29, 1.82) is 0 Å². The fraction of sp³-hybridized carbons (Fsp3) is 0.455. The van der Waals surface area contributed by atoms with Crippen LogP contribution in [0.25, 0.3) is 0 Å². The molecule has 1 aliphatic heterocycles. The second kappa shape index (κ2) is 4.89. The first kappa shape index (κ1) is 10.1. The van der Waals surface area contributed by atoms with Crippen LogP contribution in [0.1, 0.15) is 12.8 Å². The second-order valence-electron chi connectivity index (χ2n) is 3.65. The molecule has 1 saturated heterocycles. The van der Waals surface area contributed by atoms with Gasteiger partial charge in [-0.3, -0.25) is 9.78 Å². The maximum Gasteiger partial charge on any atom is 0.229 e. The third-order valence-corrected chi connectivity index (χ3v) is 2.46. The Bertz CT molecular complexity index is 321. The van der Waals surface area contributed by atoms with Gasteiger partial charge in [-0.15, -0.1) is 0 Å². The molecule has 4 heteroatoms. The fourth-order valence-electron chi connectivity index (χ4n) is 1.63. The quantitative estimate of drug-likeness (QED) is 0.796. The van der Waals surface area contributed by atoms with Gasteiger partial charge in [0, 0.05) is 12.8 Å². The van der Waals surface area contributed by atoms with Crippen molar-refractivity contribution in [3.63, 3.8) is 0 Å². The fourth-order valence-corrected chi connectivity index (χ4v) is 1.63. The van der Waals surface area contributed by atoms with Gasteiger partial charge in [-0.05, 0) is 25.0 Å². The van der Waals surface area contributed by atoms with Gasteiger partial charge in [0.25, 0.3) is 0 Å². The molecule has 2 rings (SSSR count). The Morgan fingerprint density at radius 3 is 3.20 bits per heavy atom. The van der Waals surface area contributed by atoms with Crippen molar-refractivity contribution in [1.82, 2.24) is 4.98 Å². The minimum atomic E-state index is -0.0149. The van der Waals surface area contributed by atoms with E-state index in [1.165, 1.54) is 0 Å². The third kappa shape index (κ3) is 2.76. The zero-order chi connectivity index (χ0) is 10.5. The number of nitrogens with zero attached hydrogens (tertiary/aromatic N) is 1. The lowest BCUT2D eigenvalue weighted by atomic mass is 10.0. The Kier molecular flexibility index (Phi) is 3.29. The molecule has 1 atom stereocenters. The highest BCUT2D eigenvalue weighted by molar-refractivity contribution is 5.92. The summed E-state index contributed by atoms with van der Waals surface area (Å²) >= 11 is 0. The molecule has 2 heterocycles. The average molecular weight is 206 g/mol. The Morgan fingerprint density at radius 2 is 2.53 bits per heavy atom. The van der Waals surface area contributed by atoms with Crippen LogP contribution in [-0.2, 0) is 9.53 Å². The topological polar surface area (TPSA) is 51.2 Å². The van der Waals surface area contributed by atoms with Gasteiger partial charge in [0.1, 0.15) is 0 Å². The lowest BCUT2D eigenvalue weighted by Gasteiger charge is -2.21. The highest BCUT2D eigenvalue weighted by Crippen LogP contribution is 2.15. The van der Waals surface area contributed by atoms with E-state index in [1.54, 1.807) is 18.5 Å². The van der Waals surface area contributed by atoms with Gasteiger partial charge < -0.3 is 10.1 Å². The van der Waals surface area contributed by atoms with Crippen LogP contribution in [0.5, 0.6) is 0 Å². The van der Waals surface area contributed by atoms with Crippen molar-refractivity contribution in [2.45, 2.75) is 12.8 Å². The Morgan fingerprint density at radius 1 is 1.60 bits per heavy atom. The molecule has 1 aromatic rings. The molecule has 0 aromatic carbocycles. The van der Waals surface area contributed by atoms with Crippen LogP contribution in [0, 0.1) is 5.92 Å². The van der Waals surface area contributed by atoms with E-state index in [4.69, 9.17) is 4.74 Å². The van der Waals surface area contributed by atoms with Crippen LogP contribution in [-0.4, -0.2) is 24.1 Å². The van der Waals surface area contributed by atoms with Crippen LogP contribution >= 0.6 is 0 Å². The molecule has 1 aliphatic rings. The number of hydrogen-bond acceptors (Lipinski definition) is 3. The summed E-state index contributed by atoms with van der Waals surface area (Å²) in [5, 5.41) is 2.83. The maximum atomic E-state index is 11.7. The van der Waals surface area contributed by atoms with Crippen LogP contribution < -0.4 is 5.32 Å². The van der Waals surface area contributed by atoms with Gasteiger partial charge in [-0.1, -0.05) is 0 Å². The minimum absolute atomic E-state index is 0.0149. The van der Waals surface area contributed by atoms with Gasteiger partial charge in [0.05, 0.1) is 24.4 Å². The van der Waals surface area contributed by atoms with Crippen LogP contribution in [0.2, 0.25) is 0 Å². The Labute approximate surface area is 88.7 Å². The molecule has 80 valence electrons. The number of carbonyl (C=O) groups excluding carboxylic acids is 1. The normalized spacial score (nSPS) is 20.9. The van der Waals surface area contributed by atoms with E-state index in [1.807, 2.05) is 6.07 Å². The number of rotatable bonds is 2. The summed E-state index contributed by atoms with van der Waals surface area (Å²) in [7, 11) is 0. The largest absolute Gasteiger partial charge is 0.381 e. The number of aromatic nitrogens is 1. The van der Waals surface area contributed by atoms with Gasteiger partial charge in [-0.2, -0.15) is 0 Å². The smallest absolute Gasteiger partial charge is 0.229 e. The molecular weight excluding hydrogens is 192 g/mol. The number of carbonyl (C=O) groups is 1. The van der Waals surface area contributed by atoms with E-state index in [2.05, 4.69) is 10.3 Å². The second-order valence-corrected chi connectivity index (χ2v) is 3.65. The van der Waals surface area contributed by atoms with Crippen molar-refractivity contribution < 1.29 is 9.53 Å². The summed E-state index contributed by atoms with van der Waals surface area (Å²) in [6, 6.07) is 3.63. The zero-order valence-electron chi connectivity index (χ0n) is 8.48. The predicted octanol–water partition coefficient (Wildman–Crippen LogP) is 1.45. The van der Waals surface area contributed by atoms with Gasteiger partial charge in [0.15, 0.2) is 0 Å². The summed E-state index contributed by atoms with van der Waals surface area (Å²) in [5.74, 6) is 0.0154. The Hall–Kier alpha value is -1.42. The first-order chi connectivity index (χ1) is 7.36. The molecule has 0 radical (unpaired) electrons. The molecule has 0 bridgehead atoms. The van der Waals surface area contributed by atoms with Gasteiger partial charge in [0.2, 0.25) is 5.91 Å². The molecule has 0 saturated carbocycles. The van der Waals surface area contributed by atoms with E-state index >= 15 is 0 Å². The van der Waals surface area contributed by atoms with Crippen LogP contribution in [0.4, 0.5) is 5.69 Å². The van der Waals surface area contributed by atoms with Crippen molar-refractivity contribution in [2.24, 2.45) is 5.92 Å². The van der Waals surface area contributed by atoms with E-state index in [0.29, 0.717) is 6.61 Å². The molecule has 0 spiro atoms. The lowest BCUT2D eigenvalue weighted by molar-refractivity contribution is -0.123. The number of pyridine rings is 1. The summed E-state index contributed by atoms with van der Waals surface area (Å²) in [6.07, 6.45) is 5.19. The standard InChI is InChI=1S/C11H14N2O2/c14-11(9-3-2-6-15-8-9)13-10-4-1-5-12-7-10/h1,4-5,7,9H,2-3,6,8H2,(H,13,14). The molecular formula is C11H14N2O2. The molecule has 15 heavy (non-hydrogen) atoms. The zero-order valence-corrected chi connectivity index (χ0v) is 8.48. The van der Waals surface area contributed by atoms with Gasteiger partial charge >= 0.3 is 0 Å². The van der Waals surface area contributed by atoms with E-state index in [9.17, 15) is 4.79 Å². The summed E-state index contributed by atoms with van der Waals surface area (Å²) in [6.45, 7) is 1.31. The first-order valence-electron chi connectivity index (χ1n) is 5.15. The number of ether oxygens (including phenoxy) is 1. The maximum absolute atomic E-state index is 11.7. The van der Waals surface area contributed by atoms with Crippen molar-refractivity contribution in [2.75, 3.05) is 18.5 Å². The van der Waals surface area contributed by atoms with Gasteiger partial charge in [-0.25, -0.2) is 0 Å². The lowest BCUT2D eigenvalue weighted by Crippen LogP contribution is -2.30. The first-order valence-corrected chi connectivity index (χ1v) is 5.15. The molecule has 1 aromatic heterocycles. The monoisotopic (exact) mass is 206 g/mol. The molecule has 1 amide bonds. The van der Waals surface area contributed by atoms with Crippen molar-refractivity contribution >= 4 is 11.6 Å². The predicted molar refractivity (Wildman–Crippen MR) is 56.4 cm³/mol. The molecule has 1 N–H and O–H groups in total.